The number of benzene rings is 1. The zero-order valence-corrected chi connectivity index (χ0v) is 10.6. The molecule has 18 heavy (non-hydrogen) atoms. The molecular formula is C14H18N4. The fourth-order valence-electron chi connectivity index (χ4n) is 1.73. The molecule has 0 bridgehead atoms. The molecule has 0 spiro atoms. The van der Waals surface area contributed by atoms with Crippen LogP contribution in [0.2, 0.25) is 0 Å². The van der Waals surface area contributed by atoms with E-state index in [1.54, 1.807) is 0 Å². The van der Waals surface area contributed by atoms with E-state index in [2.05, 4.69) is 15.1 Å². The van der Waals surface area contributed by atoms with Gasteiger partial charge in [-0.05, 0) is 25.1 Å². The highest BCUT2D eigenvalue weighted by Crippen LogP contribution is 2.17. The van der Waals surface area contributed by atoms with Crippen LogP contribution < -0.4 is 10.6 Å². The summed E-state index contributed by atoms with van der Waals surface area (Å²) in [6.45, 7) is 1.59. The molecule has 1 heterocycles. The van der Waals surface area contributed by atoms with Crippen LogP contribution >= 0.6 is 0 Å². The molecule has 0 saturated carbocycles. The van der Waals surface area contributed by atoms with Gasteiger partial charge in [0.15, 0.2) is 5.82 Å². The molecule has 0 aliphatic heterocycles. The third-order valence-corrected chi connectivity index (χ3v) is 2.81. The van der Waals surface area contributed by atoms with Gasteiger partial charge >= 0.3 is 0 Å². The van der Waals surface area contributed by atoms with Crippen LogP contribution in [0.3, 0.4) is 0 Å². The van der Waals surface area contributed by atoms with E-state index in [4.69, 9.17) is 5.73 Å². The minimum atomic E-state index is 0.694. The van der Waals surface area contributed by atoms with E-state index in [1.807, 2.05) is 49.5 Å². The average molecular weight is 242 g/mol. The summed E-state index contributed by atoms with van der Waals surface area (Å²) in [5.74, 6) is 0.878. The van der Waals surface area contributed by atoms with Crippen molar-refractivity contribution in [3.8, 4) is 11.3 Å². The van der Waals surface area contributed by atoms with Gasteiger partial charge in [0.05, 0.1) is 5.69 Å². The lowest BCUT2D eigenvalue weighted by atomic mass is 10.1. The van der Waals surface area contributed by atoms with E-state index < -0.39 is 0 Å². The minimum absolute atomic E-state index is 0.694. The summed E-state index contributed by atoms with van der Waals surface area (Å²) in [6.07, 6.45) is 0.957. The van der Waals surface area contributed by atoms with E-state index in [1.165, 1.54) is 0 Å². The number of hydrogen-bond donors (Lipinski definition) is 1. The van der Waals surface area contributed by atoms with Gasteiger partial charge in [-0.2, -0.15) is 0 Å². The molecule has 94 valence electrons. The normalized spacial score (nSPS) is 10.3. The van der Waals surface area contributed by atoms with E-state index in [9.17, 15) is 0 Å². The molecule has 2 N–H and O–H groups in total. The molecule has 1 aromatic heterocycles. The second-order valence-electron chi connectivity index (χ2n) is 4.21. The van der Waals surface area contributed by atoms with Crippen LogP contribution in [0.1, 0.15) is 6.42 Å². The molecule has 4 nitrogen and oxygen atoms in total. The van der Waals surface area contributed by atoms with Gasteiger partial charge in [-0.1, -0.05) is 30.3 Å². The zero-order chi connectivity index (χ0) is 12.8. The van der Waals surface area contributed by atoms with Crippen LogP contribution in [0.5, 0.6) is 0 Å². The highest BCUT2D eigenvalue weighted by Gasteiger charge is 2.04. The first-order valence-corrected chi connectivity index (χ1v) is 6.11. The Kier molecular flexibility index (Phi) is 4.25. The number of nitrogens with two attached hydrogens (primary N) is 1. The molecule has 0 radical (unpaired) electrons. The summed E-state index contributed by atoms with van der Waals surface area (Å²) in [7, 11) is 2.00. The molecule has 0 fully saturated rings. The van der Waals surface area contributed by atoms with Crippen LogP contribution in [0.15, 0.2) is 42.5 Å². The van der Waals surface area contributed by atoms with Crippen molar-refractivity contribution in [2.75, 3.05) is 25.0 Å². The van der Waals surface area contributed by atoms with Crippen molar-refractivity contribution in [3.05, 3.63) is 42.5 Å². The Morgan fingerprint density at radius 3 is 2.44 bits per heavy atom. The lowest BCUT2D eigenvalue weighted by Crippen LogP contribution is -2.22. The Morgan fingerprint density at radius 2 is 1.83 bits per heavy atom. The van der Waals surface area contributed by atoms with Crippen molar-refractivity contribution in [2.45, 2.75) is 6.42 Å². The smallest absolute Gasteiger partial charge is 0.151 e. The first-order valence-electron chi connectivity index (χ1n) is 6.11. The molecular weight excluding hydrogens is 224 g/mol. The van der Waals surface area contributed by atoms with Gasteiger partial charge in [0.25, 0.3) is 0 Å². The molecule has 0 aliphatic carbocycles. The molecule has 0 unspecified atom stereocenters. The van der Waals surface area contributed by atoms with Crippen LogP contribution in [0.25, 0.3) is 11.3 Å². The van der Waals surface area contributed by atoms with Gasteiger partial charge in [-0.25, -0.2) is 0 Å². The molecule has 0 aliphatic rings. The van der Waals surface area contributed by atoms with Gasteiger partial charge in [0.1, 0.15) is 0 Å². The topological polar surface area (TPSA) is 55.0 Å². The quantitative estimate of drug-likeness (QED) is 0.870. The fourth-order valence-corrected chi connectivity index (χ4v) is 1.73. The molecule has 0 atom stereocenters. The van der Waals surface area contributed by atoms with E-state index >= 15 is 0 Å². The number of hydrogen-bond acceptors (Lipinski definition) is 4. The Bertz CT molecular complexity index is 467. The van der Waals surface area contributed by atoms with E-state index in [0.29, 0.717) is 6.54 Å². The minimum Gasteiger partial charge on any atom is -0.358 e. The van der Waals surface area contributed by atoms with Crippen molar-refractivity contribution in [1.82, 2.24) is 10.2 Å². The van der Waals surface area contributed by atoms with Gasteiger partial charge in [-0.3, -0.25) is 0 Å². The van der Waals surface area contributed by atoms with E-state index in [-0.39, 0.29) is 0 Å². The Morgan fingerprint density at radius 1 is 1.06 bits per heavy atom. The highest BCUT2D eigenvalue weighted by molar-refractivity contribution is 5.59. The molecule has 2 aromatic rings. The number of anilines is 1. The predicted octanol–water partition coefficient (Wildman–Crippen LogP) is 1.93. The number of rotatable bonds is 5. The van der Waals surface area contributed by atoms with Gasteiger partial charge < -0.3 is 10.6 Å². The van der Waals surface area contributed by atoms with Crippen molar-refractivity contribution < 1.29 is 0 Å². The number of nitrogens with zero attached hydrogens (tertiary/aromatic N) is 3. The van der Waals surface area contributed by atoms with Gasteiger partial charge in [0, 0.05) is 19.2 Å². The molecule has 0 amide bonds. The summed E-state index contributed by atoms with van der Waals surface area (Å²) in [4.78, 5) is 2.06. The van der Waals surface area contributed by atoms with Crippen LogP contribution in [0.4, 0.5) is 5.82 Å². The average Bonchev–Trinajstić information content (AvgIpc) is 2.46. The third kappa shape index (κ3) is 3.05. The summed E-state index contributed by atoms with van der Waals surface area (Å²) < 4.78 is 0. The Balaban J connectivity index is 2.10. The second kappa shape index (κ2) is 6.12. The van der Waals surface area contributed by atoms with Crippen LogP contribution in [-0.2, 0) is 0 Å². The van der Waals surface area contributed by atoms with Crippen LogP contribution in [0, 0.1) is 0 Å². The highest BCUT2D eigenvalue weighted by atomic mass is 15.2. The lowest BCUT2D eigenvalue weighted by Gasteiger charge is -2.16. The largest absolute Gasteiger partial charge is 0.358 e. The standard InChI is InChI=1S/C14H18N4/c1-18(11-5-10-15)14-9-8-13(16-17-14)12-6-3-2-4-7-12/h2-4,6-9H,5,10-11,15H2,1H3. The first kappa shape index (κ1) is 12.5. The molecule has 0 saturated heterocycles. The Labute approximate surface area is 107 Å². The van der Waals surface area contributed by atoms with Crippen molar-refractivity contribution >= 4 is 5.82 Å². The maximum atomic E-state index is 5.49. The third-order valence-electron chi connectivity index (χ3n) is 2.81. The first-order chi connectivity index (χ1) is 8.81. The Hall–Kier alpha value is -1.94. The summed E-state index contributed by atoms with van der Waals surface area (Å²) in [6, 6.07) is 14.0. The monoisotopic (exact) mass is 242 g/mol. The lowest BCUT2D eigenvalue weighted by molar-refractivity contribution is 0.778. The fraction of sp³-hybridized carbons (Fsp3) is 0.286. The maximum absolute atomic E-state index is 5.49. The second-order valence-corrected chi connectivity index (χ2v) is 4.21. The molecule has 1 aromatic carbocycles. The van der Waals surface area contributed by atoms with Crippen LogP contribution in [-0.4, -0.2) is 30.3 Å². The SMILES string of the molecule is CN(CCCN)c1ccc(-c2ccccc2)nn1. The van der Waals surface area contributed by atoms with E-state index in [0.717, 1.165) is 30.0 Å². The van der Waals surface area contributed by atoms with Crippen molar-refractivity contribution in [2.24, 2.45) is 5.73 Å². The van der Waals surface area contributed by atoms with Gasteiger partial charge in [0.2, 0.25) is 0 Å². The summed E-state index contributed by atoms with van der Waals surface area (Å²) in [5.41, 5.74) is 7.47. The van der Waals surface area contributed by atoms with Crippen molar-refractivity contribution in [1.29, 1.82) is 0 Å². The summed E-state index contributed by atoms with van der Waals surface area (Å²) >= 11 is 0. The predicted molar refractivity (Wildman–Crippen MR) is 74.4 cm³/mol. The van der Waals surface area contributed by atoms with Crippen molar-refractivity contribution in [3.63, 3.8) is 0 Å². The molecule has 2 rings (SSSR count). The molecule has 4 heteroatoms. The summed E-state index contributed by atoms with van der Waals surface area (Å²) in [5, 5.41) is 8.50. The zero-order valence-electron chi connectivity index (χ0n) is 10.6. The maximum Gasteiger partial charge on any atom is 0.151 e. The van der Waals surface area contributed by atoms with Gasteiger partial charge in [-0.15, -0.1) is 10.2 Å². The number of aromatic nitrogens is 2.